The van der Waals surface area contributed by atoms with E-state index >= 15 is 0 Å². The minimum atomic E-state index is -0.504. The third kappa shape index (κ3) is 10.3. The van der Waals surface area contributed by atoms with Gasteiger partial charge in [-0.2, -0.15) is 5.26 Å². The topological polar surface area (TPSA) is 70.3 Å². The Hall–Kier alpha value is -1.34. The Morgan fingerprint density at radius 1 is 1.42 bits per heavy atom. The van der Waals surface area contributed by atoms with Crippen LogP contribution >= 0.6 is 0 Å². The van der Waals surface area contributed by atoms with Gasteiger partial charge in [-0.1, -0.05) is 12.2 Å². The molecule has 108 valence electrons. The minimum Gasteiger partial charge on any atom is -0.465 e. The zero-order valence-electron chi connectivity index (χ0n) is 12.2. The van der Waals surface area contributed by atoms with E-state index in [1.807, 2.05) is 26.8 Å². The van der Waals surface area contributed by atoms with Gasteiger partial charge in [0, 0.05) is 6.42 Å². The lowest BCUT2D eigenvalue weighted by molar-refractivity contribution is -0.153. The summed E-state index contributed by atoms with van der Waals surface area (Å²) >= 11 is 0. The summed E-state index contributed by atoms with van der Waals surface area (Å²) in [4.78, 5) is 11.5. The first-order valence-electron chi connectivity index (χ1n) is 6.77. The number of allylic oxidation sites excluding steroid dienone is 1. The highest BCUT2D eigenvalue weighted by molar-refractivity contribution is 5.75. The fraction of sp³-hybridized carbons (Fsp3) is 0.733. The Bertz CT molecular complexity index is 323. The number of hydrogen-bond acceptors (Lipinski definition) is 4. The summed E-state index contributed by atoms with van der Waals surface area (Å²) in [5.74, 6) is -0.214. The normalized spacial score (nSPS) is 13.2. The third-order valence-electron chi connectivity index (χ3n) is 2.51. The van der Waals surface area contributed by atoms with E-state index in [0.717, 1.165) is 12.8 Å². The molecule has 0 heterocycles. The van der Waals surface area contributed by atoms with E-state index < -0.39 is 11.5 Å². The first-order chi connectivity index (χ1) is 8.88. The fourth-order valence-corrected chi connectivity index (χ4v) is 1.32. The van der Waals surface area contributed by atoms with E-state index in [2.05, 4.69) is 6.07 Å². The molecule has 1 N–H and O–H groups in total. The second-order valence-corrected chi connectivity index (χ2v) is 5.57. The summed E-state index contributed by atoms with van der Waals surface area (Å²) in [7, 11) is 0. The molecule has 19 heavy (non-hydrogen) atoms. The van der Waals surface area contributed by atoms with Gasteiger partial charge in [0.15, 0.2) is 0 Å². The van der Waals surface area contributed by atoms with Crippen molar-refractivity contribution in [2.75, 3.05) is 6.61 Å². The van der Waals surface area contributed by atoms with Crippen LogP contribution in [0.2, 0.25) is 0 Å². The number of ether oxygens (including phenoxy) is 1. The average molecular weight is 267 g/mol. The maximum Gasteiger partial charge on any atom is 0.311 e. The van der Waals surface area contributed by atoms with Crippen LogP contribution in [0.25, 0.3) is 0 Å². The minimum absolute atomic E-state index is 0.214. The van der Waals surface area contributed by atoms with Crippen LogP contribution in [0.4, 0.5) is 0 Å². The van der Waals surface area contributed by atoms with Gasteiger partial charge in [-0.05, 0) is 46.5 Å². The van der Waals surface area contributed by atoms with Crippen LogP contribution in [0, 0.1) is 16.7 Å². The number of unbranched alkanes of at least 4 members (excludes halogenated alkanes) is 2. The summed E-state index contributed by atoms with van der Waals surface area (Å²) in [5.41, 5.74) is -0.473. The van der Waals surface area contributed by atoms with Gasteiger partial charge in [0.05, 0.1) is 24.2 Å². The molecule has 0 aromatic carbocycles. The lowest BCUT2D eigenvalue weighted by Crippen LogP contribution is -2.23. The summed E-state index contributed by atoms with van der Waals surface area (Å²) in [6.07, 6.45) is 6.52. The SMILES string of the molecule is CC(C)(C)C(=O)OCCCC(O)/C=C/CCCC#N. The van der Waals surface area contributed by atoms with Crippen LogP contribution in [-0.4, -0.2) is 23.8 Å². The highest BCUT2D eigenvalue weighted by Crippen LogP contribution is 2.15. The van der Waals surface area contributed by atoms with Crippen molar-refractivity contribution in [2.45, 2.75) is 59.0 Å². The highest BCUT2D eigenvalue weighted by atomic mass is 16.5. The molecule has 0 radical (unpaired) electrons. The van der Waals surface area contributed by atoms with Gasteiger partial charge in [0.25, 0.3) is 0 Å². The van der Waals surface area contributed by atoms with Crippen molar-refractivity contribution in [3.8, 4) is 6.07 Å². The van der Waals surface area contributed by atoms with Gasteiger partial charge in [0.2, 0.25) is 0 Å². The number of aliphatic hydroxyl groups excluding tert-OH is 1. The molecule has 0 aliphatic heterocycles. The number of nitriles is 1. The van der Waals surface area contributed by atoms with Gasteiger partial charge in [-0.25, -0.2) is 0 Å². The van der Waals surface area contributed by atoms with Crippen molar-refractivity contribution in [3.05, 3.63) is 12.2 Å². The summed E-state index contributed by atoms with van der Waals surface area (Å²) in [5, 5.41) is 18.0. The Morgan fingerprint density at radius 3 is 2.68 bits per heavy atom. The molecule has 0 aromatic rings. The van der Waals surface area contributed by atoms with Crippen molar-refractivity contribution in [1.29, 1.82) is 5.26 Å². The molecular weight excluding hydrogens is 242 g/mol. The van der Waals surface area contributed by atoms with Gasteiger partial charge in [-0.15, -0.1) is 0 Å². The molecule has 4 heteroatoms. The smallest absolute Gasteiger partial charge is 0.311 e. The molecule has 0 spiro atoms. The molecule has 0 bridgehead atoms. The lowest BCUT2D eigenvalue weighted by atomic mass is 9.97. The second kappa shape index (κ2) is 9.57. The molecule has 0 saturated carbocycles. The number of aliphatic hydroxyl groups is 1. The Kier molecular flexibility index (Phi) is 8.90. The second-order valence-electron chi connectivity index (χ2n) is 5.57. The molecule has 0 aliphatic carbocycles. The van der Waals surface area contributed by atoms with Crippen LogP contribution in [0.3, 0.4) is 0 Å². The molecule has 1 unspecified atom stereocenters. The monoisotopic (exact) mass is 267 g/mol. The van der Waals surface area contributed by atoms with Gasteiger partial charge < -0.3 is 9.84 Å². The number of esters is 1. The van der Waals surface area contributed by atoms with E-state index in [9.17, 15) is 9.90 Å². The van der Waals surface area contributed by atoms with Crippen molar-refractivity contribution < 1.29 is 14.6 Å². The van der Waals surface area contributed by atoms with Crippen molar-refractivity contribution in [3.63, 3.8) is 0 Å². The number of carbonyl (C=O) groups excluding carboxylic acids is 1. The summed E-state index contributed by atoms with van der Waals surface area (Å²) in [6.45, 7) is 5.78. The maximum atomic E-state index is 11.5. The first-order valence-corrected chi connectivity index (χ1v) is 6.77. The van der Waals surface area contributed by atoms with Crippen LogP contribution in [-0.2, 0) is 9.53 Å². The Labute approximate surface area is 116 Å². The van der Waals surface area contributed by atoms with E-state index in [1.54, 1.807) is 6.08 Å². The molecule has 4 nitrogen and oxygen atoms in total. The zero-order valence-corrected chi connectivity index (χ0v) is 12.2. The maximum absolute atomic E-state index is 11.5. The van der Waals surface area contributed by atoms with E-state index in [0.29, 0.717) is 25.9 Å². The lowest BCUT2D eigenvalue weighted by Gasteiger charge is -2.16. The van der Waals surface area contributed by atoms with Crippen LogP contribution in [0.15, 0.2) is 12.2 Å². The number of hydrogen-bond donors (Lipinski definition) is 1. The number of rotatable bonds is 8. The van der Waals surface area contributed by atoms with Crippen LogP contribution in [0.1, 0.15) is 52.9 Å². The van der Waals surface area contributed by atoms with Crippen LogP contribution < -0.4 is 0 Å². The molecule has 0 rings (SSSR count). The summed E-state index contributed by atoms with van der Waals surface area (Å²) < 4.78 is 5.10. The fourth-order valence-electron chi connectivity index (χ4n) is 1.32. The van der Waals surface area contributed by atoms with E-state index in [-0.39, 0.29) is 5.97 Å². The van der Waals surface area contributed by atoms with Gasteiger partial charge in [-0.3, -0.25) is 4.79 Å². The average Bonchev–Trinajstić information content (AvgIpc) is 2.33. The van der Waals surface area contributed by atoms with Gasteiger partial charge in [0.1, 0.15) is 0 Å². The quantitative estimate of drug-likeness (QED) is 0.417. The molecular formula is C15H25NO3. The predicted octanol–water partition coefficient (Wildman–Crippen LogP) is 2.97. The van der Waals surface area contributed by atoms with E-state index in [1.165, 1.54) is 0 Å². The number of nitrogens with zero attached hydrogens (tertiary/aromatic N) is 1. The standard InChI is InChI=1S/C15H25NO3/c1-15(2,3)14(18)19-12-8-10-13(17)9-6-4-5-7-11-16/h6,9,13,17H,4-5,7-8,10,12H2,1-3H3/b9-6+. The zero-order chi connectivity index (χ0) is 14.7. The molecule has 1 atom stereocenters. The largest absolute Gasteiger partial charge is 0.465 e. The van der Waals surface area contributed by atoms with Crippen molar-refractivity contribution in [2.24, 2.45) is 5.41 Å². The molecule has 0 fully saturated rings. The van der Waals surface area contributed by atoms with Crippen molar-refractivity contribution >= 4 is 5.97 Å². The molecule has 0 aromatic heterocycles. The van der Waals surface area contributed by atoms with Crippen molar-refractivity contribution in [1.82, 2.24) is 0 Å². The van der Waals surface area contributed by atoms with Gasteiger partial charge >= 0.3 is 5.97 Å². The number of carbonyl (C=O) groups is 1. The Balaban J connectivity index is 3.61. The molecule has 0 amide bonds. The third-order valence-corrected chi connectivity index (χ3v) is 2.51. The highest BCUT2D eigenvalue weighted by Gasteiger charge is 2.22. The predicted molar refractivity (Wildman–Crippen MR) is 74.3 cm³/mol. The Morgan fingerprint density at radius 2 is 2.11 bits per heavy atom. The first kappa shape index (κ1) is 17.7. The molecule has 0 aliphatic rings. The summed E-state index contributed by atoms with van der Waals surface area (Å²) in [6, 6.07) is 2.08. The van der Waals surface area contributed by atoms with E-state index in [4.69, 9.17) is 10.00 Å². The van der Waals surface area contributed by atoms with Crippen LogP contribution in [0.5, 0.6) is 0 Å². The molecule has 0 saturated heterocycles.